The zero-order valence-electron chi connectivity index (χ0n) is 14.0. The molecular weight excluding hydrogens is 371 g/mol. The van der Waals surface area contributed by atoms with Crippen molar-refractivity contribution in [3.05, 3.63) is 76.0 Å². The first kappa shape index (κ1) is 18.2. The number of rotatable bonds is 4. The number of amides is 2. The monoisotopic (exact) mass is 386 g/mol. The van der Waals surface area contributed by atoms with Crippen LogP contribution < -0.4 is 10.6 Å². The number of nitrogens with zero attached hydrogens (tertiary/aromatic N) is 2. The van der Waals surface area contributed by atoms with Crippen molar-refractivity contribution in [3.8, 4) is 11.4 Å². The zero-order valence-corrected chi connectivity index (χ0v) is 15.5. The fourth-order valence-corrected chi connectivity index (χ4v) is 2.78. The summed E-state index contributed by atoms with van der Waals surface area (Å²) >= 11 is 12.0. The molecule has 0 spiro atoms. The first-order valence-corrected chi connectivity index (χ1v) is 8.66. The average molecular weight is 387 g/mol. The van der Waals surface area contributed by atoms with E-state index in [1.54, 1.807) is 36.5 Å². The van der Waals surface area contributed by atoms with Gasteiger partial charge in [0.25, 0.3) is 0 Å². The van der Waals surface area contributed by atoms with Crippen LogP contribution in [0.5, 0.6) is 0 Å². The Morgan fingerprint density at radius 2 is 1.85 bits per heavy atom. The van der Waals surface area contributed by atoms with E-state index >= 15 is 0 Å². The molecule has 2 amide bonds. The van der Waals surface area contributed by atoms with Gasteiger partial charge in [-0.15, -0.1) is 0 Å². The van der Waals surface area contributed by atoms with Crippen molar-refractivity contribution in [1.82, 2.24) is 15.3 Å². The van der Waals surface area contributed by atoms with E-state index in [1.807, 2.05) is 25.1 Å². The van der Waals surface area contributed by atoms with Crippen molar-refractivity contribution in [2.24, 2.45) is 0 Å². The number of nitrogens with one attached hydrogen (secondary N) is 2. The van der Waals surface area contributed by atoms with Crippen molar-refractivity contribution in [3.63, 3.8) is 0 Å². The first-order chi connectivity index (χ1) is 12.5. The standard InChI is InChI=1S/C19H16Cl2N4O/c1-12-8-9-22-18(24-12)13-3-6-16(7-4-13)25-19(26)23-11-14-2-5-15(20)10-17(14)21/h2-10H,11H2,1H3,(H2,23,25,26). The van der Waals surface area contributed by atoms with Crippen LogP contribution in [-0.2, 0) is 6.54 Å². The van der Waals surface area contributed by atoms with Crippen molar-refractivity contribution >= 4 is 34.9 Å². The van der Waals surface area contributed by atoms with Gasteiger partial charge in [0, 0.05) is 39.7 Å². The quantitative estimate of drug-likeness (QED) is 0.656. The normalized spacial score (nSPS) is 10.4. The van der Waals surface area contributed by atoms with E-state index in [1.165, 1.54) is 0 Å². The molecule has 3 rings (SSSR count). The fraction of sp³-hybridized carbons (Fsp3) is 0.105. The van der Waals surface area contributed by atoms with Gasteiger partial charge in [-0.1, -0.05) is 29.3 Å². The van der Waals surface area contributed by atoms with Gasteiger partial charge in [0.1, 0.15) is 0 Å². The summed E-state index contributed by atoms with van der Waals surface area (Å²) in [6.07, 6.45) is 1.72. The minimum absolute atomic E-state index is 0.303. The molecule has 132 valence electrons. The van der Waals surface area contributed by atoms with E-state index < -0.39 is 0 Å². The minimum atomic E-state index is -0.324. The molecule has 1 heterocycles. The molecule has 0 saturated heterocycles. The van der Waals surface area contributed by atoms with Crippen molar-refractivity contribution in [2.75, 3.05) is 5.32 Å². The molecule has 2 aromatic carbocycles. The van der Waals surface area contributed by atoms with Gasteiger partial charge in [0.15, 0.2) is 5.82 Å². The highest BCUT2D eigenvalue weighted by molar-refractivity contribution is 6.35. The number of halogens is 2. The Labute approximate surface area is 161 Å². The van der Waals surface area contributed by atoms with Crippen LogP contribution in [0.2, 0.25) is 10.0 Å². The third-order valence-corrected chi connectivity index (χ3v) is 4.24. The van der Waals surface area contributed by atoms with Gasteiger partial charge in [-0.05, 0) is 55.0 Å². The minimum Gasteiger partial charge on any atom is -0.334 e. The number of hydrogen-bond donors (Lipinski definition) is 2. The van der Waals surface area contributed by atoms with Gasteiger partial charge < -0.3 is 10.6 Å². The van der Waals surface area contributed by atoms with E-state index in [0.717, 1.165) is 16.8 Å². The lowest BCUT2D eigenvalue weighted by Gasteiger charge is -2.09. The summed E-state index contributed by atoms with van der Waals surface area (Å²) in [6.45, 7) is 2.22. The predicted molar refractivity (Wildman–Crippen MR) is 105 cm³/mol. The molecule has 0 unspecified atom stereocenters. The zero-order chi connectivity index (χ0) is 18.5. The number of carbonyl (C=O) groups excluding carboxylic acids is 1. The number of aromatic nitrogens is 2. The highest BCUT2D eigenvalue weighted by Crippen LogP contribution is 2.21. The number of anilines is 1. The maximum absolute atomic E-state index is 12.0. The molecular formula is C19H16Cl2N4O. The number of carbonyl (C=O) groups is 1. The Morgan fingerprint density at radius 1 is 1.08 bits per heavy atom. The third-order valence-electron chi connectivity index (χ3n) is 3.65. The maximum Gasteiger partial charge on any atom is 0.319 e. The number of hydrogen-bond acceptors (Lipinski definition) is 3. The molecule has 0 atom stereocenters. The Balaban J connectivity index is 1.59. The Kier molecular flexibility index (Phi) is 5.71. The summed E-state index contributed by atoms with van der Waals surface area (Å²) in [7, 11) is 0. The molecule has 0 fully saturated rings. The van der Waals surface area contributed by atoms with Gasteiger partial charge in [-0.2, -0.15) is 0 Å². The van der Waals surface area contributed by atoms with Crippen LogP contribution in [0.25, 0.3) is 11.4 Å². The highest BCUT2D eigenvalue weighted by Gasteiger charge is 2.06. The Bertz CT molecular complexity index is 929. The molecule has 1 aromatic heterocycles. The Hall–Kier alpha value is -2.63. The van der Waals surface area contributed by atoms with Crippen LogP contribution in [0, 0.1) is 6.92 Å². The summed E-state index contributed by atoms with van der Waals surface area (Å²) in [6, 6.07) is 14.0. The number of aryl methyl sites for hydroxylation is 1. The summed E-state index contributed by atoms with van der Waals surface area (Å²) < 4.78 is 0. The summed E-state index contributed by atoms with van der Waals surface area (Å²) in [4.78, 5) is 20.7. The van der Waals surface area contributed by atoms with Crippen LogP contribution in [-0.4, -0.2) is 16.0 Å². The molecule has 26 heavy (non-hydrogen) atoms. The topological polar surface area (TPSA) is 66.9 Å². The van der Waals surface area contributed by atoms with Crippen LogP contribution >= 0.6 is 23.2 Å². The second-order valence-electron chi connectivity index (χ2n) is 5.64. The lowest BCUT2D eigenvalue weighted by Crippen LogP contribution is -2.28. The van der Waals surface area contributed by atoms with Crippen molar-refractivity contribution in [2.45, 2.75) is 13.5 Å². The van der Waals surface area contributed by atoms with Gasteiger partial charge in [-0.3, -0.25) is 0 Å². The molecule has 0 saturated carbocycles. The smallest absolute Gasteiger partial charge is 0.319 e. The lowest BCUT2D eigenvalue weighted by molar-refractivity contribution is 0.251. The maximum atomic E-state index is 12.0. The highest BCUT2D eigenvalue weighted by atomic mass is 35.5. The van der Waals surface area contributed by atoms with Crippen LogP contribution in [0.3, 0.4) is 0 Å². The molecule has 0 bridgehead atoms. The van der Waals surface area contributed by atoms with Gasteiger partial charge >= 0.3 is 6.03 Å². The van der Waals surface area contributed by atoms with E-state index in [-0.39, 0.29) is 6.03 Å². The fourth-order valence-electron chi connectivity index (χ4n) is 2.31. The SMILES string of the molecule is Cc1ccnc(-c2ccc(NC(=O)NCc3ccc(Cl)cc3Cl)cc2)n1. The predicted octanol–water partition coefficient (Wildman–Crippen LogP) is 5.08. The van der Waals surface area contributed by atoms with Gasteiger partial charge in [0.2, 0.25) is 0 Å². The summed E-state index contributed by atoms with van der Waals surface area (Å²) in [5.41, 5.74) is 3.24. The van der Waals surface area contributed by atoms with Crippen LogP contribution in [0.4, 0.5) is 10.5 Å². The molecule has 2 N–H and O–H groups in total. The summed E-state index contributed by atoms with van der Waals surface area (Å²) in [5.74, 6) is 0.651. The average Bonchev–Trinajstić information content (AvgIpc) is 2.61. The molecule has 0 radical (unpaired) electrons. The largest absolute Gasteiger partial charge is 0.334 e. The lowest BCUT2D eigenvalue weighted by atomic mass is 10.2. The molecule has 5 nitrogen and oxygen atoms in total. The number of benzene rings is 2. The van der Waals surface area contributed by atoms with Crippen LogP contribution in [0.1, 0.15) is 11.3 Å². The van der Waals surface area contributed by atoms with Crippen LogP contribution in [0.15, 0.2) is 54.7 Å². The van der Waals surface area contributed by atoms with Gasteiger partial charge in [0.05, 0.1) is 0 Å². The first-order valence-electron chi connectivity index (χ1n) is 7.90. The second kappa shape index (κ2) is 8.17. The molecule has 0 aliphatic heterocycles. The van der Waals surface area contributed by atoms with E-state index in [9.17, 15) is 4.79 Å². The van der Waals surface area contributed by atoms with Gasteiger partial charge in [-0.25, -0.2) is 14.8 Å². The van der Waals surface area contributed by atoms with Crippen molar-refractivity contribution < 1.29 is 4.79 Å². The van der Waals surface area contributed by atoms with E-state index in [4.69, 9.17) is 23.2 Å². The van der Waals surface area contributed by atoms with Crippen molar-refractivity contribution in [1.29, 1.82) is 0 Å². The number of urea groups is 1. The molecule has 0 aliphatic rings. The molecule has 3 aromatic rings. The van der Waals surface area contributed by atoms with E-state index in [0.29, 0.717) is 28.1 Å². The second-order valence-corrected chi connectivity index (χ2v) is 6.49. The molecule has 7 heteroatoms. The molecule has 0 aliphatic carbocycles. The Morgan fingerprint density at radius 3 is 2.54 bits per heavy atom. The summed E-state index contributed by atoms with van der Waals surface area (Å²) in [5, 5.41) is 6.60. The third kappa shape index (κ3) is 4.71. The van der Waals surface area contributed by atoms with E-state index in [2.05, 4.69) is 20.6 Å².